The summed E-state index contributed by atoms with van der Waals surface area (Å²) < 4.78 is 45.8. The number of benzene rings is 1. The lowest BCUT2D eigenvalue weighted by Gasteiger charge is -2.07. The van der Waals surface area contributed by atoms with Crippen LogP contribution in [0.2, 0.25) is 0 Å². The van der Waals surface area contributed by atoms with Crippen molar-refractivity contribution in [2.75, 3.05) is 6.67 Å². The van der Waals surface area contributed by atoms with E-state index in [-0.39, 0.29) is 23.9 Å². The van der Waals surface area contributed by atoms with Crippen LogP contribution in [0.25, 0.3) is 0 Å². The first-order chi connectivity index (χ1) is 7.02. The molecule has 3 nitrogen and oxygen atoms in total. The summed E-state index contributed by atoms with van der Waals surface area (Å²) in [5, 5.41) is 0. The number of nitrogens with two attached hydrogens (primary N) is 1. The van der Waals surface area contributed by atoms with E-state index >= 15 is 0 Å². The smallest absolute Gasteiger partial charge is 0.395 e. The fourth-order valence-corrected chi connectivity index (χ4v) is 1.29. The molecule has 0 aromatic heterocycles. The third-order valence-corrected chi connectivity index (χ3v) is 2.02. The van der Waals surface area contributed by atoms with Gasteiger partial charge in [0.15, 0.2) is 11.5 Å². The highest BCUT2D eigenvalue weighted by molar-refractivity contribution is 5.85. The topological polar surface area (TPSA) is 44.5 Å². The second kappa shape index (κ2) is 4.39. The molecule has 0 unspecified atom stereocenters. The molecular weight excluding hydrogens is 247 g/mol. The molecule has 0 fully saturated rings. The van der Waals surface area contributed by atoms with Crippen molar-refractivity contribution in [2.45, 2.75) is 12.3 Å². The van der Waals surface area contributed by atoms with Crippen LogP contribution in [-0.2, 0) is 0 Å². The van der Waals surface area contributed by atoms with E-state index in [0.717, 1.165) is 0 Å². The monoisotopic (exact) mass is 255 g/mol. The first kappa shape index (κ1) is 12.9. The number of rotatable bonds is 2. The van der Waals surface area contributed by atoms with E-state index in [1.807, 2.05) is 0 Å². The molecule has 0 spiro atoms. The maximum atomic E-state index is 12.6. The third kappa shape index (κ3) is 2.33. The van der Waals surface area contributed by atoms with Gasteiger partial charge in [-0.15, -0.1) is 21.2 Å². The van der Waals surface area contributed by atoms with Crippen LogP contribution in [0.4, 0.5) is 13.2 Å². The Kier molecular flexibility index (Phi) is 3.54. The molecule has 2 rings (SSSR count). The van der Waals surface area contributed by atoms with Crippen molar-refractivity contribution in [3.8, 4) is 11.5 Å². The van der Waals surface area contributed by atoms with Crippen LogP contribution >= 0.6 is 12.4 Å². The summed E-state index contributed by atoms with van der Waals surface area (Å²) in [6.45, 7) is -0.768. The molecule has 7 heteroatoms. The first-order valence-electron chi connectivity index (χ1n) is 4.23. The molecular formula is C9H9ClF3NO2. The Bertz CT molecular complexity index is 389. The predicted molar refractivity (Wildman–Crippen MR) is 52.8 cm³/mol. The van der Waals surface area contributed by atoms with Gasteiger partial charge in [0.1, 0.15) is 6.67 Å². The molecule has 2 N–H and O–H groups in total. The molecule has 1 aromatic rings. The highest BCUT2D eigenvalue weighted by Gasteiger charge is 2.43. The van der Waals surface area contributed by atoms with Gasteiger partial charge < -0.3 is 15.2 Å². The largest absolute Gasteiger partial charge is 0.586 e. The molecule has 0 radical (unpaired) electrons. The zero-order valence-electron chi connectivity index (χ0n) is 7.95. The Morgan fingerprint density at radius 1 is 1.25 bits per heavy atom. The van der Waals surface area contributed by atoms with Gasteiger partial charge in [0.25, 0.3) is 0 Å². The van der Waals surface area contributed by atoms with Gasteiger partial charge in [0.2, 0.25) is 0 Å². The lowest BCUT2D eigenvalue weighted by molar-refractivity contribution is -0.286. The van der Waals surface area contributed by atoms with Crippen molar-refractivity contribution in [3.63, 3.8) is 0 Å². The fraction of sp³-hybridized carbons (Fsp3) is 0.333. The quantitative estimate of drug-likeness (QED) is 0.883. The summed E-state index contributed by atoms with van der Waals surface area (Å²) in [6, 6.07) is 3.11. The van der Waals surface area contributed by atoms with Crippen LogP contribution in [0.3, 0.4) is 0 Å². The molecule has 1 aliphatic rings. The van der Waals surface area contributed by atoms with Crippen LogP contribution in [0, 0.1) is 0 Å². The second-order valence-electron chi connectivity index (χ2n) is 3.13. The summed E-state index contributed by atoms with van der Waals surface area (Å²) >= 11 is 0. The number of alkyl halides is 3. The normalized spacial score (nSPS) is 17.8. The van der Waals surface area contributed by atoms with Gasteiger partial charge in [-0.2, -0.15) is 0 Å². The van der Waals surface area contributed by atoms with Crippen LogP contribution in [0.1, 0.15) is 11.6 Å². The Balaban J connectivity index is 0.00000128. The van der Waals surface area contributed by atoms with Crippen LogP contribution < -0.4 is 15.2 Å². The molecule has 1 aromatic carbocycles. The number of hydrogen-bond donors (Lipinski definition) is 1. The summed E-state index contributed by atoms with van der Waals surface area (Å²) in [4.78, 5) is 0. The molecule has 0 bridgehead atoms. The van der Waals surface area contributed by atoms with Crippen LogP contribution in [-0.4, -0.2) is 13.0 Å². The SMILES string of the molecule is Cl.N[C@H](CF)c1ccc2c(c1)OC(F)(F)O2. The summed E-state index contributed by atoms with van der Waals surface area (Å²) in [7, 11) is 0. The zero-order chi connectivity index (χ0) is 11.1. The fourth-order valence-electron chi connectivity index (χ4n) is 1.29. The van der Waals surface area contributed by atoms with Crippen molar-refractivity contribution in [1.29, 1.82) is 0 Å². The zero-order valence-corrected chi connectivity index (χ0v) is 8.77. The number of hydrogen-bond acceptors (Lipinski definition) is 3. The molecule has 0 amide bonds. The highest BCUT2D eigenvalue weighted by Crippen LogP contribution is 2.41. The Labute approximate surface area is 95.7 Å². The van der Waals surface area contributed by atoms with Gasteiger partial charge in [0.05, 0.1) is 6.04 Å². The van der Waals surface area contributed by atoms with Gasteiger partial charge >= 0.3 is 6.29 Å². The van der Waals surface area contributed by atoms with Crippen molar-refractivity contribution in [2.24, 2.45) is 5.73 Å². The minimum absolute atomic E-state index is 0. The van der Waals surface area contributed by atoms with E-state index in [4.69, 9.17) is 5.73 Å². The summed E-state index contributed by atoms with van der Waals surface area (Å²) in [5.74, 6) is -0.198. The molecule has 0 aliphatic carbocycles. The minimum Gasteiger partial charge on any atom is -0.395 e. The summed E-state index contributed by atoms with van der Waals surface area (Å²) in [5.41, 5.74) is 5.78. The summed E-state index contributed by atoms with van der Waals surface area (Å²) in [6.07, 6.45) is -3.65. The molecule has 1 heterocycles. The van der Waals surface area contributed by atoms with Crippen molar-refractivity contribution in [3.05, 3.63) is 23.8 Å². The number of ether oxygens (including phenoxy) is 2. The molecule has 90 valence electrons. The maximum Gasteiger partial charge on any atom is 0.586 e. The van der Waals surface area contributed by atoms with Gasteiger partial charge in [0, 0.05) is 0 Å². The highest BCUT2D eigenvalue weighted by atomic mass is 35.5. The minimum atomic E-state index is -3.65. The van der Waals surface area contributed by atoms with Crippen molar-refractivity contribution >= 4 is 12.4 Å². The van der Waals surface area contributed by atoms with Crippen molar-refractivity contribution < 1.29 is 22.6 Å². The Morgan fingerprint density at radius 3 is 2.50 bits per heavy atom. The average Bonchev–Trinajstić information content (AvgIpc) is 2.49. The first-order valence-corrected chi connectivity index (χ1v) is 4.23. The van der Waals surface area contributed by atoms with Crippen molar-refractivity contribution in [1.82, 2.24) is 0 Å². The number of halogens is 4. The van der Waals surface area contributed by atoms with E-state index in [9.17, 15) is 13.2 Å². The second-order valence-corrected chi connectivity index (χ2v) is 3.13. The van der Waals surface area contributed by atoms with E-state index in [2.05, 4.69) is 9.47 Å². The predicted octanol–water partition coefficient (Wildman–Crippen LogP) is 2.40. The molecule has 0 saturated heterocycles. The number of fused-ring (bicyclic) bond motifs is 1. The van der Waals surface area contributed by atoms with Gasteiger partial charge in [-0.3, -0.25) is 0 Å². The molecule has 1 aliphatic heterocycles. The maximum absolute atomic E-state index is 12.6. The van der Waals surface area contributed by atoms with Gasteiger partial charge in [-0.05, 0) is 17.7 Å². The molecule has 16 heavy (non-hydrogen) atoms. The molecule has 0 saturated carbocycles. The third-order valence-electron chi connectivity index (χ3n) is 2.02. The van der Waals surface area contributed by atoms with Crippen LogP contribution in [0.15, 0.2) is 18.2 Å². The van der Waals surface area contributed by atoms with Gasteiger partial charge in [-0.25, -0.2) is 4.39 Å². The van der Waals surface area contributed by atoms with Crippen LogP contribution in [0.5, 0.6) is 11.5 Å². The van der Waals surface area contributed by atoms with Gasteiger partial charge in [-0.1, -0.05) is 6.07 Å². The Morgan fingerprint density at radius 2 is 1.88 bits per heavy atom. The standard InChI is InChI=1S/C9H8F3NO2.ClH/c10-4-6(13)5-1-2-7-8(3-5)15-9(11,12)14-7;/h1-3,6H,4,13H2;1H/t6-;/m1./s1. The lowest BCUT2D eigenvalue weighted by atomic mass is 10.1. The van der Waals surface area contributed by atoms with E-state index in [0.29, 0.717) is 5.56 Å². The van der Waals surface area contributed by atoms with E-state index in [1.165, 1.54) is 18.2 Å². The van der Waals surface area contributed by atoms with E-state index < -0.39 is 19.0 Å². The Hall–Kier alpha value is -1.14. The average molecular weight is 256 g/mol. The molecule has 1 atom stereocenters. The lowest BCUT2D eigenvalue weighted by Crippen LogP contribution is -2.25. The van der Waals surface area contributed by atoms with E-state index in [1.54, 1.807) is 0 Å².